The number of nitrogen functional groups attached to an aromatic ring is 1. The van der Waals surface area contributed by atoms with E-state index < -0.39 is 10.1 Å². The van der Waals surface area contributed by atoms with Crippen molar-refractivity contribution in [2.75, 3.05) is 18.6 Å². The summed E-state index contributed by atoms with van der Waals surface area (Å²) in [5.74, 6) is 0.351. The summed E-state index contributed by atoms with van der Waals surface area (Å²) in [6.07, 6.45) is 0.379. The van der Waals surface area contributed by atoms with E-state index >= 15 is 0 Å². The Morgan fingerprint density at radius 1 is 1.08 bits per heavy atom. The Kier molecular flexibility index (Phi) is 5.20. The number of rotatable bonds is 6. The van der Waals surface area contributed by atoms with Crippen LogP contribution in [-0.2, 0) is 20.8 Å². The van der Waals surface area contributed by atoms with Crippen LogP contribution in [0.1, 0.15) is 12.0 Å². The van der Waals surface area contributed by atoms with Crippen LogP contribution in [0.4, 0.5) is 5.82 Å². The minimum Gasteiger partial charge on any atom is -0.378 e. The van der Waals surface area contributed by atoms with Gasteiger partial charge in [0.25, 0.3) is 10.1 Å². The predicted octanol–water partition coefficient (Wildman–Crippen LogP) is 2.45. The van der Waals surface area contributed by atoms with Gasteiger partial charge in [-0.15, -0.1) is 0 Å². The van der Waals surface area contributed by atoms with Crippen LogP contribution in [-0.4, -0.2) is 26.4 Å². The summed E-state index contributed by atoms with van der Waals surface area (Å²) in [4.78, 5) is 0. The maximum Gasteiger partial charge on any atom is 0.267 e. The highest BCUT2D eigenvalue weighted by molar-refractivity contribution is 7.86. The molecule has 3 aromatic rings. The molecule has 0 saturated heterocycles. The minimum atomic E-state index is -3.50. The van der Waals surface area contributed by atoms with Crippen molar-refractivity contribution >= 4 is 26.7 Å². The van der Waals surface area contributed by atoms with Crippen LogP contribution >= 0.6 is 0 Å². The summed E-state index contributed by atoms with van der Waals surface area (Å²) < 4.78 is 29.5. The van der Waals surface area contributed by atoms with Crippen molar-refractivity contribution in [3.63, 3.8) is 0 Å². The van der Waals surface area contributed by atoms with Crippen LogP contribution in [0.3, 0.4) is 0 Å². The Labute approximate surface area is 153 Å². The highest BCUT2D eigenvalue weighted by Crippen LogP contribution is 2.27. The van der Waals surface area contributed by atoms with Gasteiger partial charge in [0.2, 0.25) is 5.69 Å². The summed E-state index contributed by atoms with van der Waals surface area (Å²) in [5, 5.41) is 6.37. The van der Waals surface area contributed by atoms with Crippen LogP contribution in [0.25, 0.3) is 22.0 Å². The summed E-state index contributed by atoms with van der Waals surface area (Å²) in [6.45, 7) is 2.45. The van der Waals surface area contributed by atoms with Gasteiger partial charge in [0.1, 0.15) is 0 Å². The van der Waals surface area contributed by atoms with Crippen LogP contribution in [0.2, 0.25) is 0 Å². The third-order valence-corrected chi connectivity index (χ3v) is 5.58. The molecule has 26 heavy (non-hydrogen) atoms. The second-order valence-corrected chi connectivity index (χ2v) is 8.01. The average Bonchev–Trinajstić information content (AvgIpc) is 2.63. The van der Waals surface area contributed by atoms with E-state index in [1.54, 1.807) is 4.68 Å². The van der Waals surface area contributed by atoms with Gasteiger partial charge >= 0.3 is 0 Å². The second-order valence-electron chi connectivity index (χ2n) is 6.15. The normalized spacial score (nSPS) is 11.8. The van der Waals surface area contributed by atoms with Crippen molar-refractivity contribution in [2.24, 2.45) is 0 Å². The Balaban J connectivity index is 2.09. The molecule has 0 amide bonds. The number of anilines is 1. The van der Waals surface area contributed by atoms with E-state index in [1.165, 1.54) is 12.7 Å². The summed E-state index contributed by atoms with van der Waals surface area (Å²) in [5.41, 5.74) is 9.23. The van der Waals surface area contributed by atoms with Gasteiger partial charge in [0.15, 0.2) is 12.4 Å². The zero-order valence-corrected chi connectivity index (χ0v) is 15.7. The smallest absolute Gasteiger partial charge is 0.267 e. The molecule has 0 aliphatic carbocycles. The van der Waals surface area contributed by atoms with Gasteiger partial charge in [0, 0.05) is 22.5 Å². The average molecular weight is 372 g/mol. The first-order valence-corrected chi connectivity index (χ1v) is 9.93. The zero-order chi connectivity index (χ0) is 18.7. The number of hydrogen-bond donors (Lipinski definition) is 1. The lowest BCUT2D eigenvalue weighted by Gasteiger charge is -2.08. The SMILES string of the molecule is COS(=O)(=O)CCC[n+]1nc(N)c2ccccc2c1-c1ccc(C)cc1. The molecule has 0 aliphatic rings. The molecule has 1 aromatic heterocycles. The number of aryl methyl sites for hydroxylation is 2. The lowest BCUT2D eigenvalue weighted by Crippen LogP contribution is -2.42. The first-order chi connectivity index (χ1) is 12.4. The van der Waals surface area contributed by atoms with Crippen molar-refractivity contribution in [1.82, 2.24) is 5.10 Å². The van der Waals surface area contributed by atoms with E-state index in [1.807, 2.05) is 55.5 Å². The molecule has 7 heteroatoms. The number of benzene rings is 2. The molecule has 0 atom stereocenters. The molecule has 0 radical (unpaired) electrons. The second kappa shape index (κ2) is 7.39. The van der Waals surface area contributed by atoms with Gasteiger partial charge in [-0.05, 0) is 25.1 Å². The molecule has 3 rings (SSSR count). The lowest BCUT2D eigenvalue weighted by atomic mass is 10.0. The first kappa shape index (κ1) is 18.3. The van der Waals surface area contributed by atoms with Crippen LogP contribution in [0.5, 0.6) is 0 Å². The third kappa shape index (κ3) is 3.84. The first-order valence-electron chi connectivity index (χ1n) is 8.35. The van der Waals surface area contributed by atoms with Crippen molar-refractivity contribution in [2.45, 2.75) is 19.9 Å². The van der Waals surface area contributed by atoms with Gasteiger partial charge in [-0.2, -0.15) is 8.42 Å². The molecule has 0 unspecified atom stereocenters. The van der Waals surface area contributed by atoms with E-state index in [-0.39, 0.29) is 5.75 Å². The van der Waals surface area contributed by atoms with E-state index in [9.17, 15) is 8.42 Å². The number of nitrogens with zero attached hydrogens (tertiary/aromatic N) is 2. The molecule has 0 bridgehead atoms. The fourth-order valence-electron chi connectivity index (χ4n) is 2.94. The standard InChI is InChI=1S/C19H22N3O3S/c1-14-8-10-15(11-9-14)18-16-6-3-4-7-17(16)19(20)21-22(18)12-5-13-26(23,24)25-2/h3-4,6-11H,5,12-13H2,1-2H3,(H2,20,21)/q+1. The zero-order valence-electron chi connectivity index (χ0n) is 14.8. The van der Waals surface area contributed by atoms with Crippen LogP contribution in [0, 0.1) is 6.92 Å². The number of nitrogens with two attached hydrogens (primary N) is 1. The topological polar surface area (TPSA) is 86.2 Å². The molecule has 136 valence electrons. The van der Waals surface area contributed by atoms with Crippen LogP contribution < -0.4 is 10.4 Å². The van der Waals surface area contributed by atoms with Gasteiger partial charge in [-0.3, -0.25) is 4.18 Å². The van der Waals surface area contributed by atoms with Crippen molar-refractivity contribution < 1.29 is 17.3 Å². The molecular weight excluding hydrogens is 350 g/mol. The van der Waals surface area contributed by atoms with E-state index in [0.29, 0.717) is 18.8 Å². The molecule has 2 N–H and O–H groups in total. The number of aromatic nitrogens is 2. The van der Waals surface area contributed by atoms with Crippen molar-refractivity contribution in [3.8, 4) is 11.3 Å². The largest absolute Gasteiger partial charge is 0.378 e. The van der Waals surface area contributed by atoms with E-state index in [0.717, 1.165) is 22.0 Å². The fourth-order valence-corrected chi connectivity index (χ4v) is 3.59. The number of fused-ring (bicyclic) bond motifs is 1. The minimum absolute atomic E-state index is 0.0712. The molecule has 2 aromatic carbocycles. The quantitative estimate of drug-likeness (QED) is 0.530. The van der Waals surface area contributed by atoms with Crippen molar-refractivity contribution in [1.29, 1.82) is 0 Å². The highest BCUT2D eigenvalue weighted by atomic mass is 32.2. The molecular formula is C19H22N3O3S+. The van der Waals surface area contributed by atoms with E-state index in [2.05, 4.69) is 9.28 Å². The Morgan fingerprint density at radius 2 is 1.73 bits per heavy atom. The highest BCUT2D eigenvalue weighted by Gasteiger charge is 2.22. The number of hydrogen-bond acceptors (Lipinski definition) is 5. The van der Waals surface area contributed by atoms with E-state index in [4.69, 9.17) is 5.73 Å². The maximum atomic E-state index is 11.6. The Morgan fingerprint density at radius 3 is 2.38 bits per heavy atom. The molecule has 0 spiro atoms. The monoisotopic (exact) mass is 372 g/mol. The summed E-state index contributed by atoms with van der Waals surface area (Å²) in [7, 11) is -2.32. The maximum absolute atomic E-state index is 11.6. The van der Waals surface area contributed by atoms with Gasteiger partial charge < -0.3 is 5.73 Å². The molecule has 0 aliphatic heterocycles. The Bertz CT molecular complexity index is 1030. The predicted molar refractivity (Wildman–Crippen MR) is 102 cm³/mol. The molecule has 0 fully saturated rings. The summed E-state index contributed by atoms with van der Waals surface area (Å²) >= 11 is 0. The lowest BCUT2D eigenvalue weighted by molar-refractivity contribution is -0.741. The van der Waals surface area contributed by atoms with Gasteiger partial charge in [0.05, 0.1) is 18.2 Å². The van der Waals surface area contributed by atoms with Gasteiger partial charge in [-0.25, -0.2) is 0 Å². The fraction of sp³-hybridized carbons (Fsp3) is 0.263. The van der Waals surface area contributed by atoms with Crippen LogP contribution in [0.15, 0.2) is 48.5 Å². The molecule has 6 nitrogen and oxygen atoms in total. The summed E-state index contributed by atoms with van der Waals surface area (Å²) in [6, 6.07) is 16.0. The van der Waals surface area contributed by atoms with Gasteiger partial charge in [-0.1, -0.05) is 40.6 Å². The third-order valence-electron chi connectivity index (χ3n) is 4.29. The molecule has 1 heterocycles. The Hall–Kier alpha value is -2.51. The van der Waals surface area contributed by atoms with Crippen molar-refractivity contribution in [3.05, 3.63) is 54.1 Å². The molecule has 0 saturated carbocycles.